The van der Waals surface area contributed by atoms with E-state index in [9.17, 15) is 14.4 Å². The molecule has 2 amide bonds. The molecule has 0 aliphatic rings. The van der Waals surface area contributed by atoms with Gasteiger partial charge in [0.05, 0.1) is 0 Å². The van der Waals surface area contributed by atoms with Gasteiger partial charge in [-0.2, -0.15) is 0 Å². The number of ketones is 1. The van der Waals surface area contributed by atoms with Crippen LogP contribution in [0.2, 0.25) is 0 Å². The number of Topliss-reactive ketones (excluding diaryl/α,β-unsaturated/α-hetero) is 1. The van der Waals surface area contributed by atoms with Crippen molar-refractivity contribution in [2.75, 3.05) is 14.1 Å². The van der Waals surface area contributed by atoms with E-state index >= 15 is 0 Å². The Labute approximate surface area is 154 Å². The first kappa shape index (κ1) is 19.4. The van der Waals surface area contributed by atoms with Crippen molar-refractivity contribution >= 4 is 17.6 Å². The standard InChI is InChI=1S/C21H24N2O3/c1-15-4-8-17(9-5-15)19(24)12-13-20(25)22-14-16-6-10-18(11-7-16)21(26)23(2)3/h4-11H,12-14H2,1-3H3,(H,22,25). The van der Waals surface area contributed by atoms with Crippen LogP contribution >= 0.6 is 0 Å². The van der Waals surface area contributed by atoms with E-state index in [1.54, 1.807) is 38.4 Å². The van der Waals surface area contributed by atoms with Gasteiger partial charge in [0.1, 0.15) is 0 Å². The highest BCUT2D eigenvalue weighted by molar-refractivity contribution is 5.98. The third-order valence-corrected chi connectivity index (χ3v) is 4.05. The van der Waals surface area contributed by atoms with Crippen LogP contribution in [0.1, 0.15) is 44.7 Å². The van der Waals surface area contributed by atoms with Crippen molar-refractivity contribution in [3.63, 3.8) is 0 Å². The molecule has 0 radical (unpaired) electrons. The van der Waals surface area contributed by atoms with Crippen molar-refractivity contribution in [3.05, 3.63) is 70.8 Å². The first-order chi connectivity index (χ1) is 12.4. The number of benzene rings is 2. The molecule has 0 saturated carbocycles. The second kappa shape index (κ2) is 8.94. The molecule has 0 unspecified atom stereocenters. The zero-order valence-electron chi connectivity index (χ0n) is 15.4. The highest BCUT2D eigenvalue weighted by Gasteiger charge is 2.10. The number of carbonyl (C=O) groups is 3. The molecule has 1 N–H and O–H groups in total. The first-order valence-corrected chi connectivity index (χ1v) is 8.54. The van der Waals surface area contributed by atoms with Gasteiger partial charge in [0, 0.05) is 44.6 Å². The lowest BCUT2D eigenvalue weighted by atomic mass is 10.0. The summed E-state index contributed by atoms with van der Waals surface area (Å²) in [6.45, 7) is 2.33. The van der Waals surface area contributed by atoms with Gasteiger partial charge < -0.3 is 10.2 Å². The zero-order chi connectivity index (χ0) is 19.1. The molecule has 0 saturated heterocycles. The number of hydrogen-bond acceptors (Lipinski definition) is 3. The van der Waals surface area contributed by atoms with Crippen LogP contribution in [0.25, 0.3) is 0 Å². The van der Waals surface area contributed by atoms with E-state index in [1.165, 1.54) is 4.90 Å². The molecule has 5 nitrogen and oxygen atoms in total. The fraction of sp³-hybridized carbons (Fsp3) is 0.286. The quantitative estimate of drug-likeness (QED) is 0.779. The van der Waals surface area contributed by atoms with Crippen molar-refractivity contribution < 1.29 is 14.4 Å². The molecule has 0 heterocycles. The topological polar surface area (TPSA) is 66.5 Å². The Balaban J connectivity index is 1.78. The van der Waals surface area contributed by atoms with Crippen molar-refractivity contribution in [1.29, 1.82) is 0 Å². The zero-order valence-corrected chi connectivity index (χ0v) is 15.4. The number of amides is 2. The van der Waals surface area contributed by atoms with E-state index in [-0.39, 0.29) is 30.4 Å². The predicted octanol–water partition coefficient (Wildman–Crippen LogP) is 2.98. The van der Waals surface area contributed by atoms with Gasteiger partial charge in [-0.1, -0.05) is 42.0 Å². The molecule has 0 aromatic heterocycles. The molecule has 0 spiro atoms. The van der Waals surface area contributed by atoms with Crippen LogP contribution in [0.4, 0.5) is 0 Å². The third kappa shape index (κ3) is 5.55. The number of nitrogens with one attached hydrogen (secondary N) is 1. The summed E-state index contributed by atoms with van der Waals surface area (Å²) in [5.41, 5.74) is 3.23. The number of aryl methyl sites for hydroxylation is 1. The van der Waals surface area contributed by atoms with Gasteiger partial charge in [-0.3, -0.25) is 14.4 Å². The summed E-state index contributed by atoms with van der Waals surface area (Å²) in [7, 11) is 3.41. The summed E-state index contributed by atoms with van der Waals surface area (Å²) in [6, 6.07) is 14.5. The lowest BCUT2D eigenvalue weighted by molar-refractivity contribution is -0.121. The molecule has 26 heavy (non-hydrogen) atoms. The van der Waals surface area contributed by atoms with Gasteiger partial charge in [0.15, 0.2) is 5.78 Å². The average Bonchev–Trinajstić information content (AvgIpc) is 2.64. The van der Waals surface area contributed by atoms with Gasteiger partial charge in [0.2, 0.25) is 5.91 Å². The number of nitrogens with zero attached hydrogens (tertiary/aromatic N) is 1. The van der Waals surface area contributed by atoms with E-state index < -0.39 is 0 Å². The van der Waals surface area contributed by atoms with E-state index in [4.69, 9.17) is 0 Å². The summed E-state index contributed by atoms with van der Waals surface area (Å²) in [5.74, 6) is -0.263. The summed E-state index contributed by atoms with van der Waals surface area (Å²) in [5, 5.41) is 2.80. The monoisotopic (exact) mass is 352 g/mol. The molecule has 2 aromatic carbocycles. The fourth-order valence-corrected chi connectivity index (χ4v) is 2.42. The second-order valence-corrected chi connectivity index (χ2v) is 6.46. The van der Waals surface area contributed by atoms with Crippen LogP contribution in [0.15, 0.2) is 48.5 Å². The Morgan fingerprint density at radius 2 is 1.42 bits per heavy atom. The van der Waals surface area contributed by atoms with Crippen LogP contribution in [-0.4, -0.2) is 36.6 Å². The summed E-state index contributed by atoms with van der Waals surface area (Å²) in [4.78, 5) is 37.4. The highest BCUT2D eigenvalue weighted by atomic mass is 16.2. The minimum Gasteiger partial charge on any atom is -0.352 e. The van der Waals surface area contributed by atoms with Crippen LogP contribution < -0.4 is 5.32 Å². The Morgan fingerprint density at radius 3 is 2.00 bits per heavy atom. The number of carbonyl (C=O) groups excluding carboxylic acids is 3. The Hall–Kier alpha value is -2.95. The van der Waals surface area contributed by atoms with Crippen LogP contribution in [0.5, 0.6) is 0 Å². The lowest BCUT2D eigenvalue weighted by Gasteiger charge is -2.11. The molecule has 136 valence electrons. The van der Waals surface area contributed by atoms with Crippen molar-refractivity contribution in [1.82, 2.24) is 10.2 Å². The van der Waals surface area contributed by atoms with Gasteiger partial charge in [-0.15, -0.1) is 0 Å². The number of rotatable bonds is 7. The largest absolute Gasteiger partial charge is 0.352 e. The predicted molar refractivity (Wildman–Crippen MR) is 101 cm³/mol. The maximum Gasteiger partial charge on any atom is 0.253 e. The summed E-state index contributed by atoms with van der Waals surface area (Å²) >= 11 is 0. The van der Waals surface area contributed by atoms with Gasteiger partial charge in [-0.05, 0) is 24.6 Å². The molecular formula is C21H24N2O3. The molecular weight excluding hydrogens is 328 g/mol. The van der Waals surface area contributed by atoms with Gasteiger partial charge in [-0.25, -0.2) is 0 Å². The second-order valence-electron chi connectivity index (χ2n) is 6.46. The molecule has 0 atom stereocenters. The summed E-state index contributed by atoms with van der Waals surface area (Å²) in [6.07, 6.45) is 0.342. The maximum atomic E-state index is 12.1. The van der Waals surface area contributed by atoms with Crippen LogP contribution in [-0.2, 0) is 11.3 Å². The Bertz CT molecular complexity index is 778. The smallest absolute Gasteiger partial charge is 0.253 e. The molecule has 0 bridgehead atoms. The fourth-order valence-electron chi connectivity index (χ4n) is 2.42. The Kier molecular flexibility index (Phi) is 6.67. The average molecular weight is 352 g/mol. The molecule has 2 aromatic rings. The molecule has 0 aliphatic carbocycles. The van der Waals surface area contributed by atoms with Gasteiger partial charge >= 0.3 is 0 Å². The van der Waals surface area contributed by atoms with Crippen molar-refractivity contribution in [3.8, 4) is 0 Å². The molecule has 0 aliphatic heterocycles. The SMILES string of the molecule is Cc1ccc(C(=O)CCC(=O)NCc2ccc(C(=O)N(C)C)cc2)cc1. The normalized spacial score (nSPS) is 10.3. The Morgan fingerprint density at radius 1 is 0.846 bits per heavy atom. The lowest BCUT2D eigenvalue weighted by Crippen LogP contribution is -2.24. The molecule has 0 fully saturated rings. The molecule has 2 rings (SSSR count). The minimum atomic E-state index is -0.168. The van der Waals surface area contributed by atoms with Crippen molar-refractivity contribution in [2.24, 2.45) is 0 Å². The van der Waals surface area contributed by atoms with E-state index in [1.807, 2.05) is 31.2 Å². The van der Waals surface area contributed by atoms with Crippen LogP contribution in [0.3, 0.4) is 0 Å². The van der Waals surface area contributed by atoms with E-state index in [0.717, 1.165) is 11.1 Å². The summed E-state index contributed by atoms with van der Waals surface area (Å²) < 4.78 is 0. The number of hydrogen-bond donors (Lipinski definition) is 1. The van der Waals surface area contributed by atoms with Gasteiger partial charge in [0.25, 0.3) is 5.91 Å². The third-order valence-electron chi connectivity index (χ3n) is 4.05. The first-order valence-electron chi connectivity index (χ1n) is 8.54. The van der Waals surface area contributed by atoms with Crippen LogP contribution in [0, 0.1) is 6.92 Å². The minimum absolute atomic E-state index is 0.0355. The highest BCUT2D eigenvalue weighted by Crippen LogP contribution is 2.09. The van der Waals surface area contributed by atoms with E-state index in [2.05, 4.69) is 5.32 Å². The maximum absolute atomic E-state index is 12.1. The van der Waals surface area contributed by atoms with Crippen molar-refractivity contribution in [2.45, 2.75) is 26.3 Å². The molecule has 5 heteroatoms. The van der Waals surface area contributed by atoms with E-state index in [0.29, 0.717) is 17.7 Å².